The van der Waals surface area contributed by atoms with Crippen molar-refractivity contribution in [1.82, 2.24) is 10.3 Å². The van der Waals surface area contributed by atoms with E-state index in [0.29, 0.717) is 13.2 Å². The molecule has 0 aliphatic carbocycles. The highest BCUT2D eigenvalue weighted by atomic mass is 16.5. The second-order valence-corrected chi connectivity index (χ2v) is 5.81. The number of hydrogen-bond acceptors (Lipinski definition) is 4. The maximum Gasteiger partial charge on any atom is 0.135 e. The molecule has 0 fully saturated rings. The fourth-order valence-corrected chi connectivity index (χ4v) is 2.45. The molecule has 0 radical (unpaired) electrons. The van der Waals surface area contributed by atoms with Crippen LogP contribution in [0.2, 0.25) is 0 Å². The number of aromatic nitrogens is 1. The molecule has 0 atom stereocenters. The molecule has 2 aromatic carbocycles. The summed E-state index contributed by atoms with van der Waals surface area (Å²) in [4.78, 5) is 4.33. The Bertz CT molecular complexity index is 802. The largest absolute Gasteiger partial charge is 0.489 e. The summed E-state index contributed by atoms with van der Waals surface area (Å²) in [7, 11) is 1.91. The van der Waals surface area contributed by atoms with E-state index in [2.05, 4.69) is 10.3 Å². The Morgan fingerprint density at radius 1 is 0.960 bits per heavy atom. The van der Waals surface area contributed by atoms with Crippen molar-refractivity contribution in [3.8, 4) is 17.2 Å². The van der Waals surface area contributed by atoms with E-state index in [0.717, 1.165) is 34.1 Å². The summed E-state index contributed by atoms with van der Waals surface area (Å²) in [6.45, 7) is 3.22. The van der Waals surface area contributed by atoms with Crippen LogP contribution in [0.5, 0.6) is 17.2 Å². The van der Waals surface area contributed by atoms with Gasteiger partial charge in [-0.1, -0.05) is 30.3 Å². The van der Waals surface area contributed by atoms with Crippen molar-refractivity contribution in [1.29, 1.82) is 0 Å². The molecule has 128 valence electrons. The topological polar surface area (TPSA) is 43.4 Å². The smallest absolute Gasteiger partial charge is 0.135 e. The predicted octanol–water partition coefficient (Wildman–Crippen LogP) is 4.48. The lowest BCUT2D eigenvalue weighted by molar-refractivity contribution is 0.306. The SMILES string of the molecule is CNCc1cnc(C)cc1Oc1ccc(OCc2ccccc2)cc1. The molecule has 0 aliphatic heterocycles. The van der Waals surface area contributed by atoms with Gasteiger partial charge in [0.1, 0.15) is 23.9 Å². The Balaban J connectivity index is 1.66. The van der Waals surface area contributed by atoms with Gasteiger partial charge in [0, 0.05) is 30.1 Å². The molecule has 0 aliphatic rings. The Hall–Kier alpha value is -2.85. The fourth-order valence-electron chi connectivity index (χ4n) is 2.45. The molecule has 0 amide bonds. The number of rotatable bonds is 7. The molecule has 0 saturated carbocycles. The Morgan fingerprint density at radius 3 is 2.40 bits per heavy atom. The van der Waals surface area contributed by atoms with Crippen LogP contribution >= 0.6 is 0 Å². The zero-order valence-corrected chi connectivity index (χ0v) is 14.5. The van der Waals surface area contributed by atoms with E-state index in [1.165, 1.54) is 0 Å². The molecule has 3 rings (SSSR count). The molecule has 4 nitrogen and oxygen atoms in total. The second kappa shape index (κ2) is 8.31. The highest BCUT2D eigenvalue weighted by Crippen LogP contribution is 2.27. The first kappa shape index (κ1) is 17.0. The van der Waals surface area contributed by atoms with Crippen LogP contribution in [0.1, 0.15) is 16.8 Å². The van der Waals surface area contributed by atoms with E-state index in [4.69, 9.17) is 9.47 Å². The lowest BCUT2D eigenvalue weighted by Gasteiger charge is -2.12. The molecule has 0 saturated heterocycles. The third-order valence-electron chi connectivity index (χ3n) is 3.75. The minimum absolute atomic E-state index is 0.552. The van der Waals surface area contributed by atoms with Gasteiger partial charge in [-0.25, -0.2) is 0 Å². The van der Waals surface area contributed by atoms with Gasteiger partial charge < -0.3 is 14.8 Å². The summed E-state index contributed by atoms with van der Waals surface area (Å²) in [6, 6.07) is 19.7. The van der Waals surface area contributed by atoms with Crippen molar-refractivity contribution >= 4 is 0 Å². The molecular formula is C21H22N2O2. The lowest BCUT2D eigenvalue weighted by atomic mass is 10.2. The van der Waals surface area contributed by atoms with Gasteiger partial charge in [-0.15, -0.1) is 0 Å². The summed E-state index contributed by atoms with van der Waals surface area (Å²) in [6.07, 6.45) is 1.85. The van der Waals surface area contributed by atoms with Crippen LogP contribution in [0.15, 0.2) is 66.9 Å². The van der Waals surface area contributed by atoms with Crippen LogP contribution in [0.25, 0.3) is 0 Å². The number of pyridine rings is 1. The van der Waals surface area contributed by atoms with Gasteiger partial charge in [0.15, 0.2) is 0 Å². The zero-order valence-electron chi connectivity index (χ0n) is 14.5. The van der Waals surface area contributed by atoms with E-state index in [9.17, 15) is 0 Å². The van der Waals surface area contributed by atoms with Gasteiger partial charge in [-0.05, 0) is 43.8 Å². The van der Waals surface area contributed by atoms with E-state index in [1.807, 2.05) is 80.8 Å². The Labute approximate surface area is 148 Å². The highest BCUT2D eigenvalue weighted by molar-refractivity contribution is 5.39. The quantitative estimate of drug-likeness (QED) is 0.692. The molecule has 0 bridgehead atoms. The molecular weight excluding hydrogens is 312 g/mol. The van der Waals surface area contributed by atoms with Crippen molar-refractivity contribution in [3.05, 3.63) is 83.7 Å². The standard InChI is InChI=1S/C21H22N2O2/c1-16-12-21(18(13-22-2)14-23-16)25-20-10-8-19(9-11-20)24-15-17-6-4-3-5-7-17/h3-12,14,22H,13,15H2,1-2H3. The fraction of sp³-hybridized carbons (Fsp3) is 0.190. The van der Waals surface area contributed by atoms with Gasteiger partial charge in [0.05, 0.1) is 0 Å². The van der Waals surface area contributed by atoms with Gasteiger partial charge >= 0.3 is 0 Å². The number of nitrogens with zero attached hydrogens (tertiary/aromatic N) is 1. The second-order valence-electron chi connectivity index (χ2n) is 5.81. The third-order valence-corrected chi connectivity index (χ3v) is 3.75. The van der Waals surface area contributed by atoms with Crippen molar-refractivity contribution < 1.29 is 9.47 Å². The molecule has 1 N–H and O–H groups in total. The third kappa shape index (κ3) is 4.81. The van der Waals surface area contributed by atoms with E-state index >= 15 is 0 Å². The van der Waals surface area contributed by atoms with E-state index < -0.39 is 0 Å². The first-order valence-electron chi connectivity index (χ1n) is 8.29. The highest BCUT2D eigenvalue weighted by Gasteiger charge is 2.06. The summed E-state index contributed by atoms with van der Waals surface area (Å²) in [5.74, 6) is 2.41. The number of ether oxygens (including phenoxy) is 2. The Morgan fingerprint density at radius 2 is 1.68 bits per heavy atom. The van der Waals surface area contributed by atoms with Gasteiger partial charge in [-0.2, -0.15) is 0 Å². The van der Waals surface area contributed by atoms with Crippen molar-refractivity contribution in [2.75, 3.05) is 7.05 Å². The van der Waals surface area contributed by atoms with Crippen molar-refractivity contribution in [3.63, 3.8) is 0 Å². The summed E-state index contributed by atoms with van der Waals surface area (Å²) < 4.78 is 11.8. The minimum atomic E-state index is 0.552. The molecule has 25 heavy (non-hydrogen) atoms. The van der Waals surface area contributed by atoms with Gasteiger partial charge in [0.25, 0.3) is 0 Å². The van der Waals surface area contributed by atoms with Crippen LogP contribution < -0.4 is 14.8 Å². The molecule has 4 heteroatoms. The first-order chi connectivity index (χ1) is 12.2. The molecule has 0 spiro atoms. The van der Waals surface area contributed by atoms with Crippen LogP contribution in [-0.2, 0) is 13.2 Å². The number of nitrogens with one attached hydrogen (secondary N) is 1. The number of benzene rings is 2. The maximum atomic E-state index is 6.03. The summed E-state index contributed by atoms with van der Waals surface area (Å²) >= 11 is 0. The lowest BCUT2D eigenvalue weighted by Crippen LogP contribution is -2.07. The number of aryl methyl sites for hydroxylation is 1. The number of hydrogen-bond donors (Lipinski definition) is 1. The molecule has 3 aromatic rings. The molecule has 1 heterocycles. The van der Waals surface area contributed by atoms with Crippen LogP contribution in [0.3, 0.4) is 0 Å². The van der Waals surface area contributed by atoms with Crippen LogP contribution in [0, 0.1) is 6.92 Å². The zero-order chi connectivity index (χ0) is 17.5. The average molecular weight is 334 g/mol. The summed E-state index contributed by atoms with van der Waals surface area (Å²) in [5, 5.41) is 3.13. The summed E-state index contributed by atoms with van der Waals surface area (Å²) in [5.41, 5.74) is 3.10. The molecule has 0 unspecified atom stereocenters. The van der Waals surface area contributed by atoms with Gasteiger partial charge in [-0.3, -0.25) is 4.98 Å². The predicted molar refractivity (Wildman–Crippen MR) is 99.0 cm³/mol. The maximum absolute atomic E-state index is 6.03. The minimum Gasteiger partial charge on any atom is -0.489 e. The monoisotopic (exact) mass is 334 g/mol. The van der Waals surface area contributed by atoms with Gasteiger partial charge in [0.2, 0.25) is 0 Å². The van der Waals surface area contributed by atoms with Crippen molar-refractivity contribution in [2.45, 2.75) is 20.1 Å². The van der Waals surface area contributed by atoms with Crippen LogP contribution in [-0.4, -0.2) is 12.0 Å². The van der Waals surface area contributed by atoms with Crippen molar-refractivity contribution in [2.24, 2.45) is 0 Å². The average Bonchev–Trinajstić information content (AvgIpc) is 2.64. The van der Waals surface area contributed by atoms with Crippen LogP contribution in [0.4, 0.5) is 0 Å². The molecule has 1 aromatic heterocycles. The normalized spacial score (nSPS) is 10.5. The Kier molecular flexibility index (Phi) is 5.65. The first-order valence-corrected chi connectivity index (χ1v) is 8.29. The van der Waals surface area contributed by atoms with E-state index in [-0.39, 0.29) is 0 Å². The van der Waals surface area contributed by atoms with E-state index in [1.54, 1.807) is 0 Å².